The zero-order valence-electron chi connectivity index (χ0n) is 6.93. The van der Waals surface area contributed by atoms with Crippen molar-refractivity contribution in [1.29, 1.82) is 0 Å². The number of hydrogen-bond donors (Lipinski definition) is 0. The van der Waals surface area contributed by atoms with E-state index in [0.29, 0.717) is 0 Å². The van der Waals surface area contributed by atoms with E-state index in [-0.39, 0.29) is 29.6 Å². The molecule has 0 radical (unpaired) electrons. The van der Waals surface area contributed by atoms with Crippen molar-refractivity contribution in [2.24, 2.45) is 0 Å². The molecule has 0 aliphatic rings. The second-order valence-electron chi connectivity index (χ2n) is 1.69. The topological polar surface area (TPSA) is 40.1 Å². The van der Waals surface area contributed by atoms with Gasteiger partial charge in [0.05, 0.1) is 8.69 Å². The summed E-state index contributed by atoms with van der Waals surface area (Å²) in [6.45, 7) is 3.63. The summed E-state index contributed by atoms with van der Waals surface area (Å²) in [6.07, 6.45) is 1.83. The van der Waals surface area contributed by atoms with E-state index in [4.69, 9.17) is 9.46 Å². The van der Waals surface area contributed by atoms with Gasteiger partial charge in [0.2, 0.25) is 0 Å². The van der Waals surface area contributed by atoms with Crippen LogP contribution in [-0.4, -0.2) is 0 Å². The Labute approximate surface area is 95.9 Å². The molecule has 4 heteroatoms. The summed E-state index contributed by atoms with van der Waals surface area (Å²) in [7, 11) is -1.08. The average molecular weight is 190 g/mol. The van der Waals surface area contributed by atoms with Crippen LogP contribution in [0.1, 0.15) is 5.56 Å². The summed E-state index contributed by atoms with van der Waals surface area (Å²) in [5.41, 5.74) is 1.17. The molecule has 12 heavy (non-hydrogen) atoms. The van der Waals surface area contributed by atoms with Crippen LogP contribution in [-0.2, 0) is 4.57 Å². The Hall–Kier alpha value is 0.0200. The Morgan fingerprint density at radius 3 is 2.00 bits per heavy atom. The van der Waals surface area contributed by atoms with Crippen LogP contribution < -0.4 is 34.5 Å². The summed E-state index contributed by atoms with van der Waals surface area (Å²) in [4.78, 5) is 8.35. The van der Waals surface area contributed by atoms with Crippen molar-refractivity contribution in [3.63, 3.8) is 0 Å². The maximum Gasteiger partial charge on any atom is 1.00 e. The van der Waals surface area contributed by atoms with Gasteiger partial charge in [0, 0.05) is 0 Å². The Balaban J connectivity index is 0. The van der Waals surface area contributed by atoms with Crippen molar-refractivity contribution in [3.8, 4) is 0 Å². The Morgan fingerprint density at radius 1 is 1.33 bits per heavy atom. The fraction of sp³-hybridized carbons (Fsp3) is 0. The van der Waals surface area contributed by atoms with Gasteiger partial charge in [-0.3, -0.25) is 4.57 Å². The molecule has 58 valence electrons. The molecule has 2 nitrogen and oxygen atoms in total. The van der Waals surface area contributed by atoms with Crippen LogP contribution >= 0.6 is 8.69 Å². The van der Waals surface area contributed by atoms with E-state index in [1.165, 1.54) is 5.56 Å². The van der Waals surface area contributed by atoms with Gasteiger partial charge in [-0.1, -0.05) is 43.0 Å². The van der Waals surface area contributed by atoms with Gasteiger partial charge in [-0.25, -0.2) is 0 Å². The average Bonchev–Trinajstić information content (AvgIpc) is 2.08. The monoisotopic (exact) mass is 190 g/mol. The first-order valence-electron chi connectivity index (χ1n) is 2.97. The molecular weight excluding hydrogens is 182 g/mol. The molecule has 0 aliphatic heterocycles. The van der Waals surface area contributed by atoms with Crippen molar-refractivity contribution in [2.75, 3.05) is 0 Å². The van der Waals surface area contributed by atoms with E-state index in [2.05, 4.69) is 6.58 Å². The van der Waals surface area contributed by atoms with Gasteiger partial charge in [-0.2, -0.15) is 0 Å². The van der Waals surface area contributed by atoms with Gasteiger partial charge >= 0.3 is 29.6 Å². The standard InChI is InChI=1S/C8H8.Na.HO2P/c1-2-8-6-4-3-5-7-8;;1-3-2/h2-7H,1H2;;(H,1,2)/q;+1;/p-1. The third kappa shape index (κ3) is 8.12. The first-order valence-corrected chi connectivity index (χ1v) is 3.70. The van der Waals surface area contributed by atoms with Gasteiger partial charge in [-0.15, -0.1) is 0 Å². The van der Waals surface area contributed by atoms with E-state index >= 15 is 0 Å². The van der Waals surface area contributed by atoms with Crippen LogP contribution in [0.5, 0.6) is 0 Å². The Kier molecular flexibility index (Phi) is 13.4. The molecular formula is C8H8NaO2P. The third-order valence-electron chi connectivity index (χ3n) is 1.04. The smallest absolute Gasteiger partial charge is 0.772 e. The summed E-state index contributed by atoms with van der Waals surface area (Å²) in [6, 6.07) is 10.0. The largest absolute Gasteiger partial charge is 1.00 e. The minimum absolute atomic E-state index is 0. The summed E-state index contributed by atoms with van der Waals surface area (Å²) >= 11 is 0. The molecule has 1 rings (SSSR count). The molecule has 0 bridgehead atoms. The minimum atomic E-state index is -1.08. The zero-order chi connectivity index (χ0) is 8.53. The molecule has 1 aromatic rings. The molecule has 0 saturated carbocycles. The van der Waals surface area contributed by atoms with Crippen LogP contribution in [0.25, 0.3) is 6.08 Å². The van der Waals surface area contributed by atoms with Crippen molar-refractivity contribution in [3.05, 3.63) is 42.5 Å². The van der Waals surface area contributed by atoms with Crippen LogP contribution in [0.4, 0.5) is 0 Å². The molecule has 0 heterocycles. The predicted molar refractivity (Wildman–Crippen MR) is 44.1 cm³/mol. The van der Waals surface area contributed by atoms with E-state index in [9.17, 15) is 0 Å². The van der Waals surface area contributed by atoms with Gasteiger partial charge in [0.15, 0.2) is 0 Å². The number of rotatable bonds is 1. The maximum absolute atomic E-state index is 8.35. The normalized spacial score (nSPS) is 7.42. The predicted octanol–water partition coefficient (Wildman–Crippen LogP) is -1.11. The van der Waals surface area contributed by atoms with Crippen LogP contribution in [0.15, 0.2) is 36.9 Å². The molecule has 0 unspecified atom stereocenters. The second kappa shape index (κ2) is 11.0. The first kappa shape index (κ1) is 14.5. The SMILES string of the molecule is C=Cc1ccccc1.O=P[O-].[Na+]. The van der Waals surface area contributed by atoms with Crippen LogP contribution in [0.3, 0.4) is 0 Å². The van der Waals surface area contributed by atoms with Crippen molar-refractivity contribution < 1.29 is 39.0 Å². The second-order valence-corrected chi connectivity index (χ2v) is 1.84. The molecule has 0 atom stereocenters. The first-order chi connectivity index (χ1) is 5.35. The molecule has 0 saturated heterocycles. The van der Waals surface area contributed by atoms with Crippen LogP contribution in [0.2, 0.25) is 0 Å². The van der Waals surface area contributed by atoms with Crippen molar-refractivity contribution in [1.82, 2.24) is 0 Å². The Morgan fingerprint density at radius 2 is 1.75 bits per heavy atom. The molecule has 0 aromatic heterocycles. The summed E-state index contributed by atoms with van der Waals surface area (Å²) < 4.78 is 8.35. The van der Waals surface area contributed by atoms with Gasteiger partial charge < -0.3 is 4.89 Å². The van der Waals surface area contributed by atoms with Gasteiger partial charge in [0.1, 0.15) is 0 Å². The Bertz CT molecular complexity index is 214. The van der Waals surface area contributed by atoms with E-state index in [0.717, 1.165) is 0 Å². The van der Waals surface area contributed by atoms with E-state index in [1.807, 2.05) is 36.4 Å². The van der Waals surface area contributed by atoms with Gasteiger partial charge in [-0.05, 0) is 5.56 Å². The summed E-state index contributed by atoms with van der Waals surface area (Å²) in [5, 5.41) is 0. The molecule has 0 spiro atoms. The molecule has 0 N–H and O–H groups in total. The zero-order valence-corrected chi connectivity index (χ0v) is 9.83. The number of hydrogen-bond acceptors (Lipinski definition) is 2. The van der Waals surface area contributed by atoms with Gasteiger partial charge in [0.25, 0.3) is 0 Å². The van der Waals surface area contributed by atoms with E-state index < -0.39 is 8.69 Å². The number of benzene rings is 1. The molecule has 0 aliphatic carbocycles. The molecule has 0 amide bonds. The third-order valence-corrected chi connectivity index (χ3v) is 1.04. The van der Waals surface area contributed by atoms with Crippen molar-refractivity contribution in [2.45, 2.75) is 0 Å². The fourth-order valence-electron chi connectivity index (χ4n) is 0.589. The fourth-order valence-corrected chi connectivity index (χ4v) is 0.589. The van der Waals surface area contributed by atoms with Crippen LogP contribution in [0, 0.1) is 0 Å². The van der Waals surface area contributed by atoms with E-state index in [1.54, 1.807) is 0 Å². The molecule has 1 aromatic carbocycles. The maximum atomic E-state index is 8.35. The minimum Gasteiger partial charge on any atom is -0.772 e. The molecule has 0 fully saturated rings. The quantitative estimate of drug-likeness (QED) is 0.416. The summed E-state index contributed by atoms with van der Waals surface area (Å²) in [5.74, 6) is 0. The van der Waals surface area contributed by atoms with Crippen molar-refractivity contribution >= 4 is 14.8 Å².